The first-order chi connectivity index (χ1) is 39.0. The normalized spacial score (nSPS) is 13.8. The van der Waals surface area contributed by atoms with Crippen molar-refractivity contribution in [3.05, 3.63) is 36.5 Å². The zero-order valence-electron chi connectivity index (χ0n) is 54.3. The fraction of sp³-hybridized carbons (Fsp3) is 0.901. The topological polar surface area (TPSA) is 108 Å². The number of quaternary nitrogens is 1. The molecule has 0 aromatic rings. The molecule has 0 bridgehead atoms. The molecule has 8 nitrogen and oxygen atoms in total. The van der Waals surface area contributed by atoms with Crippen LogP contribution in [0.15, 0.2) is 36.5 Å². The van der Waals surface area contributed by atoms with Crippen LogP contribution in [0.5, 0.6) is 0 Å². The molecule has 2 N–H and O–H groups in total. The van der Waals surface area contributed by atoms with Crippen LogP contribution in [0.2, 0.25) is 0 Å². The number of allylic oxidation sites excluding steroid dienone is 5. The first-order valence-electron chi connectivity index (χ1n) is 35.4. The molecule has 3 unspecified atom stereocenters. The molecule has 0 aliphatic carbocycles. The highest BCUT2D eigenvalue weighted by atomic mass is 31.2. The monoisotopic (exact) mass is 1150 g/mol. The largest absolute Gasteiger partial charge is 0.756 e. The molecule has 474 valence electrons. The Morgan fingerprint density at radius 2 is 0.700 bits per heavy atom. The molecule has 0 aromatic carbocycles. The lowest BCUT2D eigenvalue weighted by molar-refractivity contribution is -0.870. The van der Waals surface area contributed by atoms with Gasteiger partial charge in [0.1, 0.15) is 13.2 Å². The molecule has 9 heteroatoms. The van der Waals surface area contributed by atoms with E-state index in [1.807, 2.05) is 27.2 Å². The highest BCUT2D eigenvalue weighted by Gasteiger charge is 2.23. The van der Waals surface area contributed by atoms with Crippen molar-refractivity contribution >= 4 is 13.7 Å². The number of hydrogen-bond acceptors (Lipinski definition) is 6. The third kappa shape index (κ3) is 64.3. The lowest BCUT2D eigenvalue weighted by Crippen LogP contribution is -2.45. The van der Waals surface area contributed by atoms with E-state index in [2.05, 4.69) is 43.5 Å². The summed E-state index contributed by atoms with van der Waals surface area (Å²) < 4.78 is 23.4. The van der Waals surface area contributed by atoms with Gasteiger partial charge in [0.2, 0.25) is 5.91 Å². The van der Waals surface area contributed by atoms with Crippen LogP contribution in [-0.4, -0.2) is 68.5 Å². The Bertz CT molecular complexity index is 1400. The maximum atomic E-state index is 13.0. The Morgan fingerprint density at radius 3 is 1.01 bits per heavy atom. The first kappa shape index (κ1) is 78.7. The molecule has 0 aromatic heterocycles. The van der Waals surface area contributed by atoms with E-state index in [1.165, 1.54) is 295 Å². The van der Waals surface area contributed by atoms with Crippen molar-refractivity contribution < 1.29 is 32.9 Å². The quantitative estimate of drug-likeness (QED) is 0.0272. The van der Waals surface area contributed by atoms with E-state index in [1.54, 1.807) is 6.08 Å². The van der Waals surface area contributed by atoms with E-state index in [-0.39, 0.29) is 12.5 Å². The SMILES string of the molecule is CCCCCCCCCC/C=C/CC/C=C/CC/C=C/C(O)C(COP(=O)([O-])OCC[N+](C)(C)C)NC(=O)CCCCCCCCCCCCCCCCCCCCCCCCCCCCCCCCCCCCCCCCCC. The standard InChI is InChI=1S/C71H139N2O6P/c1-6-8-10-12-14-16-18-20-22-24-26-27-28-29-30-31-32-33-34-35-36-37-38-39-40-41-42-43-44-45-46-47-49-51-53-55-57-59-61-63-65-71(75)72-69(68-79-80(76,77)78-67-66-73(3,4)5)70(74)64-62-60-58-56-54-52-50-48-25-23-21-19-17-15-13-11-9-7-2/h25,48,54,56,62,64,69-70,74H,6-24,26-47,49-53,55,57-61,63,65-68H2,1-5H3,(H-,72,75,76,77)/b48-25+,56-54+,64-62+. The average Bonchev–Trinajstić information content (AvgIpc) is 3.42. The van der Waals surface area contributed by atoms with Gasteiger partial charge < -0.3 is 28.8 Å². The van der Waals surface area contributed by atoms with Gasteiger partial charge in [0, 0.05) is 6.42 Å². The van der Waals surface area contributed by atoms with Crippen molar-refractivity contribution in [2.24, 2.45) is 0 Å². The van der Waals surface area contributed by atoms with Crippen LogP contribution in [0.25, 0.3) is 0 Å². The maximum Gasteiger partial charge on any atom is 0.268 e. The Morgan fingerprint density at radius 1 is 0.425 bits per heavy atom. The number of phosphoric acid groups is 1. The van der Waals surface area contributed by atoms with Crippen molar-refractivity contribution in [3.63, 3.8) is 0 Å². The summed E-state index contributed by atoms with van der Waals surface area (Å²) in [5.41, 5.74) is 0. The second-order valence-corrected chi connectivity index (χ2v) is 27.0. The molecule has 0 spiro atoms. The molecule has 0 fully saturated rings. The number of likely N-dealkylation sites (N-methyl/N-ethyl adjacent to an activating group) is 1. The van der Waals surface area contributed by atoms with E-state index >= 15 is 0 Å². The van der Waals surface area contributed by atoms with Gasteiger partial charge >= 0.3 is 0 Å². The summed E-state index contributed by atoms with van der Waals surface area (Å²) in [6.07, 6.45) is 83.0. The van der Waals surface area contributed by atoms with Crippen molar-refractivity contribution in [1.82, 2.24) is 5.32 Å². The average molecular weight is 1150 g/mol. The Hall–Kier alpha value is -1.28. The van der Waals surface area contributed by atoms with Crippen LogP contribution in [0.4, 0.5) is 0 Å². The lowest BCUT2D eigenvalue weighted by atomic mass is 10.0. The van der Waals surface area contributed by atoms with Gasteiger partial charge in [-0.3, -0.25) is 9.36 Å². The number of nitrogens with zero attached hydrogens (tertiary/aromatic N) is 1. The van der Waals surface area contributed by atoms with E-state index in [0.717, 1.165) is 44.9 Å². The second-order valence-electron chi connectivity index (χ2n) is 25.6. The first-order valence-corrected chi connectivity index (χ1v) is 36.8. The number of carbonyl (C=O) groups excluding carboxylic acids is 1. The minimum atomic E-state index is -4.61. The summed E-state index contributed by atoms with van der Waals surface area (Å²) >= 11 is 0. The van der Waals surface area contributed by atoms with Crippen molar-refractivity contribution in [2.45, 2.75) is 373 Å². The molecule has 1 amide bonds. The molecule has 3 atom stereocenters. The van der Waals surface area contributed by atoms with Gasteiger partial charge in [-0.15, -0.1) is 0 Å². The zero-order chi connectivity index (χ0) is 58.4. The van der Waals surface area contributed by atoms with Gasteiger partial charge in [0.15, 0.2) is 0 Å². The fourth-order valence-corrected chi connectivity index (χ4v) is 11.6. The molecule has 0 rings (SSSR count). The summed E-state index contributed by atoms with van der Waals surface area (Å²) in [5, 5.41) is 13.9. The number of aliphatic hydroxyl groups is 1. The highest BCUT2D eigenvalue weighted by molar-refractivity contribution is 7.45. The summed E-state index contributed by atoms with van der Waals surface area (Å²) in [6, 6.07) is -0.909. The molecule has 0 saturated heterocycles. The van der Waals surface area contributed by atoms with Crippen molar-refractivity contribution in [2.75, 3.05) is 40.9 Å². The summed E-state index contributed by atoms with van der Waals surface area (Å²) in [6.45, 7) is 4.66. The van der Waals surface area contributed by atoms with Gasteiger partial charge in [-0.1, -0.05) is 346 Å². The van der Waals surface area contributed by atoms with E-state index in [4.69, 9.17) is 9.05 Å². The van der Waals surface area contributed by atoms with E-state index in [9.17, 15) is 19.4 Å². The van der Waals surface area contributed by atoms with Gasteiger partial charge in [-0.2, -0.15) is 0 Å². The number of rotatable bonds is 66. The summed E-state index contributed by atoms with van der Waals surface area (Å²) in [5.74, 6) is -0.204. The number of carbonyl (C=O) groups is 1. The summed E-state index contributed by atoms with van der Waals surface area (Å²) in [7, 11) is 1.25. The second kappa shape index (κ2) is 62.3. The molecule has 0 heterocycles. The lowest BCUT2D eigenvalue weighted by Gasteiger charge is -2.29. The third-order valence-electron chi connectivity index (χ3n) is 16.3. The van der Waals surface area contributed by atoms with Crippen molar-refractivity contribution in [1.29, 1.82) is 0 Å². The van der Waals surface area contributed by atoms with Crippen LogP contribution >= 0.6 is 7.82 Å². The smallest absolute Gasteiger partial charge is 0.268 e. The van der Waals surface area contributed by atoms with Gasteiger partial charge in [0.05, 0.1) is 39.9 Å². The van der Waals surface area contributed by atoms with E-state index in [0.29, 0.717) is 17.4 Å². The van der Waals surface area contributed by atoms with Crippen LogP contribution in [0, 0.1) is 0 Å². The molecule has 0 saturated carbocycles. The predicted molar refractivity (Wildman–Crippen MR) is 348 cm³/mol. The third-order valence-corrected chi connectivity index (χ3v) is 17.3. The molecule has 0 aliphatic heterocycles. The number of hydrogen-bond donors (Lipinski definition) is 2. The van der Waals surface area contributed by atoms with Gasteiger partial charge in [-0.25, -0.2) is 0 Å². The number of aliphatic hydroxyl groups excluding tert-OH is 1. The number of phosphoric ester groups is 1. The van der Waals surface area contributed by atoms with Crippen LogP contribution in [0.1, 0.15) is 361 Å². The fourth-order valence-electron chi connectivity index (χ4n) is 10.8. The molecular formula is C71H139N2O6P. The number of unbranched alkanes of at least 4 members (excludes halogenated alkanes) is 49. The van der Waals surface area contributed by atoms with Gasteiger partial charge in [-0.05, 0) is 44.9 Å². The van der Waals surface area contributed by atoms with E-state index < -0.39 is 26.6 Å². The minimum absolute atomic E-state index is 0.00727. The molecule has 80 heavy (non-hydrogen) atoms. The van der Waals surface area contributed by atoms with Crippen LogP contribution in [-0.2, 0) is 18.4 Å². The Kier molecular flexibility index (Phi) is 61.3. The van der Waals surface area contributed by atoms with Crippen LogP contribution in [0.3, 0.4) is 0 Å². The molecular weight excluding hydrogens is 1010 g/mol. The van der Waals surface area contributed by atoms with Crippen molar-refractivity contribution in [3.8, 4) is 0 Å². The van der Waals surface area contributed by atoms with Crippen LogP contribution < -0.4 is 10.2 Å². The highest BCUT2D eigenvalue weighted by Crippen LogP contribution is 2.38. The number of nitrogens with one attached hydrogen (secondary N) is 1. The summed E-state index contributed by atoms with van der Waals surface area (Å²) in [4.78, 5) is 25.6. The van der Waals surface area contributed by atoms with Gasteiger partial charge in [0.25, 0.3) is 7.82 Å². The zero-order valence-corrected chi connectivity index (χ0v) is 55.2. The number of amides is 1. The Balaban J connectivity index is 3.90. The maximum absolute atomic E-state index is 13.0. The predicted octanol–water partition coefficient (Wildman–Crippen LogP) is 21.8. The molecule has 0 radical (unpaired) electrons. The Labute approximate surface area is 499 Å². The molecule has 0 aliphatic rings. The minimum Gasteiger partial charge on any atom is -0.756 e.